The number of hydrogen-bond acceptors (Lipinski definition) is 16. The van der Waals surface area contributed by atoms with Gasteiger partial charge in [-0.3, -0.25) is 41.7 Å². The molecule has 3 rings (SSSR count). The van der Waals surface area contributed by atoms with E-state index in [0.717, 1.165) is 30.7 Å². The fraction of sp³-hybridized carbons (Fsp3) is 0.630. The molecule has 6 N–H and O–H groups in total. The number of hydrogen-bond donors (Lipinski definition) is 4. The van der Waals surface area contributed by atoms with Crippen LogP contribution < -0.4 is 22.5 Å². The predicted octanol–water partition coefficient (Wildman–Crippen LogP) is 3.59. The molecular weight excluding hydrogens is 953 g/mol. The number of carbonyl (C=O) groups is 8. The Balaban J connectivity index is 2.27. The number of carbonyl (C=O) groups excluding carboxylic acids is 8. The van der Waals surface area contributed by atoms with Crippen molar-refractivity contribution in [3.8, 4) is 0 Å². The van der Waals surface area contributed by atoms with Crippen LogP contribution in [0, 0.1) is 23.7 Å². The number of hydrazine groups is 2. The Kier molecular flexibility index (Phi) is 24.6. The third kappa shape index (κ3) is 18.2. The van der Waals surface area contributed by atoms with E-state index < -0.39 is 96.1 Å². The molecule has 0 saturated carbocycles. The van der Waals surface area contributed by atoms with E-state index in [9.17, 15) is 38.4 Å². The standard InChI is InChI=1S/C54H84N8O12/c1-31(2)23-41-51(67)71-35(9)47(63)59(11)44(26-34(7)8)54(70)74-46(28-38-17-21-40(22-18-38)30-58-56)50(66)62(14)42(24-32(3)4)52(68)72-36(10)48(64)60(12)43(25-33(5)6)53(69)73-45(49(65)61(41)13)27-37-15-19-39(20-16-37)29-57-55/h15-22,31-36,41-46,57-58H,23-30,55-56H2,1-14H3/t35-,36-,41+,42+,43+,44+,45-,46-/m1/s1. The molecular formula is C54H84N8O12. The highest BCUT2D eigenvalue weighted by molar-refractivity contribution is 5.94. The first-order valence-corrected chi connectivity index (χ1v) is 25.6. The maximum absolute atomic E-state index is 14.8. The maximum atomic E-state index is 14.8. The lowest BCUT2D eigenvalue weighted by molar-refractivity contribution is -0.176. The number of nitrogens with one attached hydrogen (secondary N) is 2. The molecule has 0 spiro atoms. The summed E-state index contributed by atoms with van der Waals surface area (Å²) in [6.07, 6.45) is -5.94. The van der Waals surface area contributed by atoms with Crippen molar-refractivity contribution in [1.29, 1.82) is 0 Å². The Labute approximate surface area is 437 Å². The Hall–Kier alpha value is -5.96. The summed E-state index contributed by atoms with van der Waals surface area (Å²) >= 11 is 0. The number of amides is 4. The van der Waals surface area contributed by atoms with Crippen LogP contribution in [0.3, 0.4) is 0 Å². The summed E-state index contributed by atoms with van der Waals surface area (Å²) in [5, 5.41) is 0. The Morgan fingerprint density at radius 3 is 0.878 bits per heavy atom. The van der Waals surface area contributed by atoms with Crippen LogP contribution in [0.2, 0.25) is 0 Å². The number of ether oxygens (including phenoxy) is 4. The molecule has 1 fully saturated rings. The van der Waals surface area contributed by atoms with E-state index in [-0.39, 0.29) is 62.2 Å². The van der Waals surface area contributed by atoms with Gasteiger partial charge in [0.25, 0.3) is 23.6 Å². The van der Waals surface area contributed by atoms with Crippen LogP contribution in [0.1, 0.15) is 117 Å². The molecule has 0 aliphatic carbocycles. The molecule has 8 atom stereocenters. The zero-order chi connectivity index (χ0) is 55.7. The van der Waals surface area contributed by atoms with Crippen LogP contribution >= 0.6 is 0 Å². The molecule has 412 valence electrons. The Morgan fingerprint density at radius 2 is 0.635 bits per heavy atom. The molecule has 0 bridgehead atoms. The van der Waals surface area contributed by atoms with Gasteiger partial charge in [0, 0.05) is 54.1 Å². The van der Waals surface area contributed by atoms with E-state index in [0.29, 0.717) is 24.2 Å². The summed E-state index contributed by atoms with van der Waals surface area (Å²) in [6.45, 7) is 18.2. The Bertz CT molecular complexity index is 2030. The van der Waals surface area contributed by atoms with Gasteiger partial charge in [-0.1, -0.05) is 104 Å². The van der Waals surface area contributed by atoms with Gasteiger partial charge in [0.05, 0.1) is 0 Å². The largest absolute Gasteiger partial charge is 0.451 e. The van der Waals surface area contributed by atoms with Crippen molar-refractivity contribution in [2.24, 2.45) is 35.4 Å². The lowest BCUT2D eigenvalue weighted by atomic mass is 9.99. The second-order valence-electron chi connectivity index (χ2n) is 21.2. The molecule has 2 aromatic carbocycles. The fourth-order valence-corrected chi connectivity index (χ4v) is 8.73. The molecule has 20 heteroatoms. The van der Waals surface area contributed by atoms with Crippen LogP contribution in [0.15, 0.2) is 48.5 Å². The van der Waals surface area contributed by atoms with Crippen LogP contribution in [0.5, 0.6) is 0 Å². The minimum atomic E-state index is -1.53. The van der Waals surface area contributed by atoms with E-state index in [1.165, 1.54) is 42.0 Å². The van der Waals surface area contributed by atoms with Gasteiger partial charge in [-0.25, -0.2) is 19.2 Å². The second kappa shape index (κ2) is 29.2. The van der Waals surface area contributed by atoms with Crippen molar-refractivity contribution in [1.82, 2.24) is 30.5 Å². The van der Waals surface area contributed by atoms with E-state index in [2.05, 4.69) is 10.9 Å². The van der Waals surface area contributed by atoms with E-state index in [1.54, 1.807) is 48.5 Å². The molecule has 1 aliphatic rings. The number of nitrogens with two attached hydrogens (primary N) is 2. The number of likely N-dealkylation sites (N-methyl/N-ethyl adjacent to an activating group) is 4. The summed E-state index contributed by atoms with van der Waals surface area (Å²) in [6, 6.07) is 9.06. The minimum absolute atomic E-state index is 0.0833. The molecule has 1 aliphatic heterocycles. The third-order valence-corrected chi connectivity index (χ3v) is 13.0. The summed E-state index contributed by atoms with van der Waals surface area (Å²) < 4.78 is 23.9. The van der Waals surface area contributed by atoms with E-state index in [4.69, 9.17) is 30.6 Å². The summed E-state index contributed by atoms with van der Waals surface area (Å²) in [7, 11) is 5.52. The smallest absolute Gasteiger partial charge is 0.329 e. The molecule has 20 nitrogen and oxygen atoms in total. The highest BCUT2D eigenvalue weighted by Crippen LogP contribution is 2.24. The Morgan fingerprint density at radius 1 is 0.405 bits per heavy atom. The van der Waals surface area contributed by atoms with Crippen molar-refractivity contribution < 1.29 is 57.3 Å². The molecule has 0 aromatic heterocycles. The number of benzene rings is 2. The molecule has 2 aromatic rings. The van der Waals surface area contributed by atoms with Crippen molar-refractivity contribution in [3.05, 3.63) is 70.8 Å². The normalized spacial score (nSPS) is 24.2. The first kappa shape index (κ1) is 62.3. The second-order valence-corrected chi connectivity index (χ2v) is 21.2. The molecule has 1 heterocycles. The van der Waals surface area contributed by atoms with Crippen molar-refractivity contribution in [2.75, 3.05) is 28.2 Å². The molecule has 1 saturated heterocycles. The fourth-order valence-electron chi connectivity index (χ4n) is 8.73. The van der Waals surface area contributed by atoms with Crippen LogP contribution in [-0.2, 0) is 83.2 Å². The van der Waals surface area contributed by atoms with E-state index in [1.807, 2.05) is 55.4 Å². The highest BCUT2D eigenvalue weighted by Gasteiger charge is 2.43. The van der Waals surface area contributed by atoms with Crippen LogP contribution in [-0.4, -0.2) is 144 Å². The monoisotopic (exact) mass is 1040 g/mol. The minimum Gasteiger partial charge on any atom is -0.451 e. The van der Waals surface area contributed by atoms with Crippen molar-refractivity contribution in [3.63, 3.8) is 0 Å². The average molecular weight is 1040 g/mol. The number of rotatable bonds is 16. The average Bonchev–Trinajstić information content (AvgIpc) is 3.34. The van der Waals surface area contributed by atoms with E-state index >= 15 is 0 Å². The van der Waals surface area contributed by atoms with Gasteiger partial charge in [-0.2, -0.15) is 0 Å². The lowest BCUT2D eigenvalue weighted by Gasteiger charge is -2.35. The predicted molar refractivity (Wildman–Crippen MR) is 277 cm³/mol. The number of cyclic esters (lactones) is 4. The zero-order valence-electron chi connectivity index (χ0n) is 46.0. The quantitative estimate of drug-likeness (QED) is 0.0810. The van der Waals surface area contributed by atoms with Gasteiger partial charge in [0.1, 0.15) is 24.2 Å². The number of esters is 4. The molecule has 4 amide bonds. The van der Waals surface area contributed by atoms with Crippen molar-refractivity contribution in [2.45, 2.75) is 169 Å². The molecule has 0 radical (unpaired) electrons. The van der Waals surface area contributed by atoms with Crippen molar-refractivity contribution >= 4 is 47.5 Å². The molecule has 0 unspecified atom stereocenters. The van der Waals surface area contributed by atoms with Gasteiger partial charge in [-0.15, -0.1) is 0 Å². The molecule has 74 heavy (non-hydrogen) atoms. The van der Waals surface area contributed by atoms with Crippen LogP contribution in [0.4, 0.5) is 0 Å². The van der Waals surface area contributed by atoms with Gasteiger partial charge >= 0.3 is 23.9 Å². The SMILES string of the molecule is CC(C)C[C@H]1C(=O)O[C@H](Cc2ccc(CNN)cc2)C(=O)N(C)[C@@H](CC(C)C)C(=O)O[C@H](C)C(=O)N(C)[C@@H](CC(C)C)C(=O)O[C@H](Cc2ccc(CNN)cc2)C(=O)N(C)[C@@H](CC(C)C)C(=O)O[C@H](C)C(=O)N1C. The van der Waals surface area contributed by atoms with Crippen LogP contribution in [0.25, 0.3) is 0 Å². The summed E-state index contributed by atoms with van der Waals surface area (Å²) in [4.78, 5) is 121. The van der Waals surface area contributed by atoms with Gasteiger partial charge in [0.2, 0.25) is 0 Å². The van der Waals surface area contributed by atoms with Gasteiger partial charge < -0.3 is 38.5 Å². The highest BCUT2D eigenvalue weighted by atomic mass is 16.6. The lowest BCUT2D eigenvalue weighted by Crippen LogP contribution is -2.55. The third-order valence-electron chi connectivity index (χ3n) is 13.0. The number of nitrogens with zero attached hydrogens (tertiary/aromatic N) is 4. The maximum Gasteiger partial charge on any atom is 0.329 e. The first-order valence-electron chi connectivity index (χ1n) is 25.6. The summed E-state index contributed by atoms with van der Waals surface area (Å²) in [5.74, 6) is 3.62. The topological polar surface area (TPSA) is 263 Å². The van der Waals surface area contributed by atoms with Gasteiger partial charge in [0.15, 0.2) is 24.4 Å². The summed E-state index contributed by atoms with van der Waals surface area (Å²) in [5.41, 5.74) is 8.07. The van der Waals surface area contributed by atoms with Gasteiger partial charge in [-0.05, 0) is 85.5 Å². The zero-order valence-corrected chi connectivity index (χ0v) is 46.0. The first-order chi connectivity index (χ1) is 34.7.